The number of carboxylic acids is 1. The Bertz CT molecular complexity index is 2090. The molecule has 2 aromatic heterocycles. The average molecular weight is 717 g/mol. The van der Waals surface area contributed by atoms with E-state index in [1.54, 1.807) is 36.4 Å². The van der Waals surface area contributed by atoms with Gasteiger partial charge in [0.2, 0.25) is 5.82 Å². The molecular formula is C33H23Br2N3O6. The van der Waals surface area contributed by atoms with Crippen molar-refractivity contribution in [1.29, 1.82) is 0 Å². The van der Waals surface area contributed by atoms with Crippen LogP contribution in [0, 0.1) is 0 Å². The molecule has 0 aliphatic heterocycles. The van der Waals surface area contributed by atoms with E-state index in [9.17, 15) is 9.59 Å². The summed E-state index contributed by atoms with van der Waals surface area (Å²) in [5.41, 5.74) is 2.43. The maximum Gasteiger partial charge on any atom is 0.335 e. The van der Waals surface area contributed by atoms with E-state index in [4.69, 9.17) is 24.0 Å². The molecule has 1 N–H and O–H groups in total. The van der Waals surface area contributed by atoms with Gasteiger partial charge in [-0.3, -0.25) is 4.79 Å². The van der Waals surface area contributed by atoms with Gasteiger partial charge >= 0.3 is 5.97 Å². The number of hydrogen-bond donors (Lipinski definition) is 1. The fourth-order valence-corrected chi connectivity index (χ4v) is 5.53. The van der Waals surface area contributed by atoms with Gasteiger partial charge in [0.05, 0.1) is 33.8 Å². The Labute approximate surface area is 267 Å². The zero-order valence-electron chi connectivity index (χ0n) is 23.2. The Kier molecular flexibility index (Phi) is 8.32. The zero-order valence-corrected chi connectivity index (χ0v) is 26.3. The summed E-state index contributed by atoms with van der Waals surface area (Å²) in [5, 5.41) is 15.0. The summed E-state index contributed by atoms with van der Waals surface area (Å²) in [6.45, 7) is 2.41. The standard InChI is InChI=1S/C33H23Br2N3O6/c1-2-42-26-16-22(28(34)29(35)30(26)43-18-19-11-13-20(14-12-19)33(40)41)17-36-38-31(27-15-21-7-3-6-10-25(21)44-27)37-24-9-5-4-8-23(24)32(38)39/h3-17H,2,18H2,1H3,(H,40,41). The number of para-hydroxylation sites is 2. The maximum atomic E-state index is 13.7. The SMILES string of the molecule is CCOc1cc(C=Nn2c(-c3cc4ccccc4o3)nc3ccccc3c2=O)c(Br)c(Br)c1OCc1ccc(C(=O)O)cc1. The molecule has 2 heterocycles. The van der Waals surface area contributed by atoms with Crippen LogP contribution in [-0.2, 0) is 6.61 Å². The Morgan fingerprint density at radius 2 is 1.75 bits per heavy atom. The smallest absolute Gasteiger partial charge is 0.335 e. The third-order valence-corrected chi connectivity index (χ3v) is 8.89. The summed E-state index contributed by atoms with van der Waals surface area (Å²) in [4.78, 5) is 29.6. The van der Waals surface area contributed by atoms with Gasteiger partial charge in [0, 0.05) is 15.4 Å². The van der Waals surface area contributed by atoms with E-state index in [0.29, 0.717) is 54.9 Å². The van der Waals surface area contributed by atoms with E-state index in [0.717, 1.165) is 10.9 Å². The van der Waals surface area contributed by atoms with Crippen LogP contribution in [0.3, 0.4) is 0 Å². The summed E-state index contributed by atoms with van der Waals surface area (Å²) >= 11 is 7.24. The van der Waals surface area contributed by atoms with E-state index in [1.165, 1.54) is 23.0 Å². The van der Waals surface area contributed by atoms with Crippen molar-refractivity contribution in [3.05, 3.63) is 121 Å². The van der Waals surface area contributed by atoms with Gasteiger partial charge in [-0.15, -0.1) is 0 Å². The van der Waals surface area contributed by atoms with Gasteiger partial charge in [-0.1, -0.05) is 42.5 Å². The molecule has 0 unspecified atom stereocenters. The average Bonchev–Trinajstić information content (AvgIpc) is 3.47. The molecule has 0 amide bonds. The summed E-state index contributed by atoms with van der Waals surface area (Å²) in [5.74, 6) is 0.571. The molecule has 0 saturated heterocycles. The van der Waals surface area contributed by atoms with Crippen LogP contribution in [0.1, 0.15) is 28.4 Å². The van der Waals surface area contributed by atoms with E-state index in [-0.39, 0.29) is 23.6 Å². The molecule has 0 bridgehead atoms. The number of rotatable bonds is 9. The van der Waals surface area contributed by atoms with Gasteiger partial charge in [-0.2, -0.15) is 9.78 Å². The molecule has 0 atom stereocenters. The van der Waals surface area contributed by atoms with E-state index < -0.39 is 5.97 Å². The van der Waals surface area contributed by atoms with Crippen molar-refractivity contribution < 1.29 is 23.8 Å². The molecule has 6 aromatic rings. The minimum atomic E-state index is -0.994. The number of fused-ring (bicyclic) bond motifs is 2. The Morgan fingerprint density at radius 3 is 2.50 bits per heavy atom. The first-order valence-electron chi connectivity index (χ1n) is 13.5. The molecule has 0 aliphatic rings. The number of furan rings is 1. The second kappa shape index (κ2) is 12.5. The molecule has 0 fully saturated rings. The summed E-state index contributed by atoms with van der Waals surface area (Å²) in [7, 11) is 0. The molecule has 0 saturated carbocycles. The molecule has 9 nitrogen and oxygen atoms in total. The molecule has 6 rings (SSSR count). The van der Waals surface area contributed by atoms with Gasteiger partial charge in [-0.05, 0) is 86.8 Å². The second-order valence-corrected chi connectivity index (χ2v) is 11.2. The highest BCUT2D eigenvalue weighted by Gasteiger charge is 2.19. The van der Waals surface area contributed by atoms with Crippen molar-refractivity contribution in [2.75, 3.05) is 6.61 Å². The lowest BCUT2D eigenvalue weighted by Gasteiger charge is -2.16. The highest BCUT2D eigenvalue weighted by molar-refractivity contribution is 9.13. The van der Waals surface area contributed by atoms with Crippen LogP contribution in [0.2, 0.25) is 0 Å². The van der Waals surface area contributed by atoms with Crippen LogP contribution < -0.4 is 15.0 Å². The predicted octanol–water partition coefficient (Wildman–Crippen LogP) is 7.89. The number of carbonyl (C=O) groups is 1. The lowest BCUT2D eigenvalue weighted by Crippen LogP contribution is -2.20. The molecule has 220 valence electrons. The Hall–Kier alpha value is -4.74. The van der Waals surface area contributed by atoms with Crippen LogP contribution >= 0.6 is 31.9 Å². The fraction of sp³-hybridized carbons (Fsp3) is 0.0909. The minimum absolute atomic E-state index is 0.178. The normalized spacial score (nSPS) is 11.4. The van der Waals surface area contributed by atoms with Gasteiger partial charge in [0.25, 0.3) is 5.56 Å². The zero-order chi connectivity index (χ0) is 30.8. The second-order valence-electron chi connectivity index (χ2n) is 9.61. The number of nitrogens with zero attached hydrogens (tertiary/aromatic N) is 3. The Balaban J connectivity index is 1.39. The summed E-state index contributed by atoms with van der Waals surface area (Å²) in [6.07, 6.45) is 1.54. The van der Waals surface area contributed by atoms with E-state index >= 15 is 0 Å². The molecule has 0 radical (unpaired) electrons. The van der Waals surface area contributed by atoms with Crippen LogP contribution in [0.5, 0.6) is 11.5 Å². The molecule has 0 aliphatic carbocycles. The highest BCUT2D eigenvalue weighted by atomic mass is 79.9. The molecule has 44 heavy (non-hydrogen) atoms. The van der Waals surface area contributed by atoms with Crippen molar-refractivity contribution in [1.82, 2.24) is 9.66 Å². The maximum absolute atomic E-state index is 13.7. The van der Waals surface area contributed by atoms with Crippen LogP contribution in [0.25, 0.3) is 33.5 Å². The van der Waals surface area contributed by atoms with E-state index in [2.05, 4.69) is 37.0 Å². The van der Waals surface area contributed by atoms with Crippen molar-refractivity contribution >= 4 is 65.9 Å². The lowest BCUT2D eigenvalue weighted by atomic mass is 10.1. The minimum Gasteiger partial charge on any atom is -0.490 e. The van der Waals surface area contributed by atoms with Gasteiger partial charge in [0.1, 0.15) is 12.2 Å². The highest BCUT2D eigenvalue weighted by Crippen LogP contribution is 2.43. The number of carboxylic acid groups (broad SMARTS) is 1. The van der Waals surface area contributed by atoms with Crippen molar-refractivity contribution in [3.8, 4) is 23.1 Å². The van der Waals surface area contributed by atoms with Crippen molar-refractivity contribution in [2.45, 2.75) is 13.5 Å². The largest absolute Gasteiger partial charge is 0.490 e. The number of ether oxygens (including phenoxy) is 2. The molecule has 4 aromatic carbocycles. The Morgan fingerprint density at radius 1 is 1.00 bits per heavy atom. The quantitative estimate of drug-likeness (QED) is 0.151. The van der Waals surface area contributed by atoms with Gasteiger partial charge < -0.3 is 19.0 Å². The first-order valence-corrected chi connectivity index (χ1v) is 15.1. The van der Waals surface area contributed by atoms with E-state index in [1.807, 2.05) is 43.3 Å². The molecule has 0 spiro atoms. The lowest BCUT2D eigenvalue weighted by molar-refractivity contribution is 0.0697. The topological polar surface area (TPSA) is 116 Å². The first-order chi connectivity index (χ1) is 21.3. The number of aromatic nitrogens is 2. The summed E-state index contributed by atoms with van der Waals surface area (Å²) in [6, 6.07) is 24.7. The summed E-state index contributed by atoms with van der Waals surface area (Å²) < 4.78 is 20.5. The third kappa shape index (κ3) is 5.76. The van der Waals surface area contributed by atoms with Crippen LogP contribution in [0.4, 0.5) is 0 Å². The number of aromatic carboxylic acids is 1. The van der Waals surface area contributed by atoms with Gasteiger partial charge in [0.15, 0.2) is 17.3 Å². The number of benzene rings is 4. The number of hydrogen-bond acceptors (Lipinski definition) is 7. The van der Waals surface area contributed by atoms with Gasteiger partial charge in [-0.25, -0.2) is 9.78 Å². The monoisotopic (exact) mass is 715 g/mol. The van der Waals surface area contributed by atoms with Crippen LogP contribution in [-0.4, -0.2) is 33.6 Å². The number of halogens is 2. The van der Waals surface area contributed by atoms with Crippen LogP contribution in [0.15, 0.2) is 108 Å². The molecular weight excluding hydrogens is 694 g/mol. The predicted molar refractivity (Wildman–Crippen MR) is 175 cm³/mol. The fourth-order valence-electron chi connectivity index (χ4n) is 4.60. The molecule has 11 heteroatoms. The van der Waals surface area contributed by atoms with Crippen molar-refractivity contribution in [2.24, 2.45) is 5.10 Å². The van der Waals surface area contributed by atoms with Crippen molar-refractivity contribution in [3.63, 3.8) is 0 Å². The third-order valence-electron chi connectivity index (χ3n) is 6.75. The first kappa shape index (κ1) is 29.3.